The molecule has 7 heteroatoms. The van der Waals surface area contributed by atoms with Crippen LogP contribution in [0.1, 0.15) is 0 Å². The van der Waals surface area contributed by atoms with Gasteiger partial charge < -0.3 is 11.1 Å². The van der Waals surface area contributed by atoms with Crippen molar-refractivity contribution in [3.63, 3.8) is 0 Å². The summed E-state index contributed by atoms with van der Waals surface area (Å²) in [6.07, 6.45) is -4.48. The molecule has 0 aliphatic carbocycles. The number of rotatable bonds is 2. The molecule has 0 aliphatic rings. The quantitative estimate of drug-likeness (QED) is 0.600. The summed E-state index contributed by atoms with van der Waals surface area (Å²) >= 11 is 0. The zero-order chi connectivity index (χ0) is 11.6. The smallest absolute Gasteiger partial charge is 0.396 e. The maximum absolute atomic E-state index is 12.9. The van der Waals surface area contributed by atoms with Gasteiger partial charge in [0.15, 0.2) is 0 Å². The Morgan fingerprint density at radius 2 is 1.73 bits per heavy atom. The minimum absolute atomic E-state index is 0.416. The highest BCUT2D eigenvalue weighted by molar-refractivity contribution is 5.56. The molecule has 0 fully saturated rings. The van der Waals surface area contributed by atoms with Crippen LogP contribution >= 0.6 is 0 Å². The van der Waals surface area contributed by atoms with Gasteiger partial charge in [0.25, 0.3) is 0 Å². The van der Waals surface area contributed by atoms with Gasteiger partial charge in [-0.15, -0.1) is 0 Å². The minimum atomic E-state index is -4.48. The second-order valence-electron chi connectivity index (χ2n) is 2.82. The molecule has 0 bridgehead atoms. The second kappa shape index (κ2) is 3.92. The maximum atomic E-state index is 12.9. The number of hydrogen-bond acceptors (Lipinski definition) is 2. The Bertz CT molecular complexity index is 361. The summed E-state index contributed by atoms with van der Waals surface area (Å²) in [4.78, 5) is 0. The van der Waals surface area contributed by atoms with Crippen LogP contribution in [0, 0.1) is 11.6 Å². The first-order valence-corrected chi connectivity index (χ1v) is 3.85. The lowest BCUT2D eigenvalue weighted by molar-refractivity contribution is -0.115. The highest BCUT2D eigenvalue weighted by atomic mass is 19.4. The average Bonchev–Trinajstić information content (AvgIpc) is 2.07. The van der Waals surface area contributed by atoms with Crippen LogP contribution in [0.2, 0.25) is 0 Å². The highest BCUT2D eigenvalue weighted by Crippen LogP contribution is 2.23. The maximum Gasteiger partial charge on any atom is 0.405 e. The molecule has 1 aromatic carbocycles. The third-order valence-corrected chi connectivity index (χ3v) is 1.57. The Labute approximate surface area is 81.9 Å². The Balaban J connectivity index is 2.82. The standard InChI is InChI=1S/C8H7F5N2/c9-4-1-5(10)7(2-6(4)14)15-3-8(11,12)13/h1-2,15H,3,14H2. The molecule has 15 heavy (non-hydrogen) atoms. The van der Waals surface area contributed by atoms with Crippen molar-refractivity contribution in [2.24, 2.45) is 0 Å². The van der Waals surface area contributed by atoms with Gasteiger partial charge in [-0.3, -0.25) is 0 Å². The number of anilines is 2. The summed E-state index contributed by atoms with van der Waals surface area (Å²) in [5.41, 5.74) is 4.17. The zero-order valence-electron chi connectivity index (χ0n) is 7.33. The Kier molecular flexibility index (Phi) is 3.01. The number of nitrogens with one attached hydrogen (secondary N) is 1. The molecule has 0 saturated heterocycles. The van der Waals surface area contributed by atoms with Gasteiger partial charge in [-0.2, -0.15) is 13.2 Å². The Morgan fingerprint density at radius 1 is 1.13 bits per heavy atom. The molecule has 3 N–H and O–H groups in total. The molecule has 0 spiro atoms. The van der Waals surface area contributed by atoms with E-state index >= 15 is 0 Å². The molecule has 1 aromatic rings. The van der Waals surface area contributed by atoms with Crippen LogP contribution in [0.3, 0.4) is 0 Å². The van der Waals surface area contributed by atoms with Crippen LogP contribution in [-0.4, -0.2) is 12.7 Å². The van der Waals surface area contributed by atoms with E-state index in [1.807, 2.05) is 0 Å². The number of hydrogen-bond donors (Lipinski definition) is 2. The van der Waals surface area contributed by atoms with E-state index in [4.69, 9.17) is 5.73 Å². The molecule has 0 radical (unpaired) electrons. The van der Waals surface area contributed by atoms with Gasteiger partial charge >= 0.3 is 6.18 Å². The number of nitrogens with two attached hydrogens (primary N) is 1. The summed E-state index contributed by atoms with van der Waals surface area (Å²) in [6.45, 7) is -1.41. The topological polar surface area (TPSA) is 38.0 Å². The van der Waals surface area contributed by atoms with Crippen molar-refractivity contribution in [3.8, 4) is 0 Å². The molecule has 0 aromatic heterocycles. The summed E-state index contributed by atoms with van der Waals surface area (Å²) in [5, 5.41) is 1.77. The van der Waals surface area contributed by atoms with Gasteiger partial charge in [0, 0.05) is 6.07 Å². The van der Waals surface area contributed by atoms with Crippen molar-refractivity contribution < 1.29 is 22.0 Å². The van der Waals surface area contributed by atoms with Crippen molar-refractivity contribution in [1.82, 2.24) is 0 Å². The lowest BCUT2D eigenvalue weighted by atomic mass is 10.2. The van der Waals surface area contributed by atoms with E-state index in [9.17, 15) is 22.0 Å². The van der Waals surface area contributed by atoms with Crippen LogP contribution in [0.15, 0.2) is 12.1 Å². The summed E-state index contributed by atoms with van der Waals surface area (Å²) in [6, 6.07) is 1.20. The van der Waals surface area contributed by atoms with E-state index in [1.54, 1.807) is 5.32 Å². The van der Waals surface area contributed by atoms with Crippen molar-refractivity contribution in [2.75, 3.05) is 17.6 Å². The van der Waals surface area contributed by atoms with E-state index < -0.39 is 35.7 Å². The van der Waals surface area contributed by atoms with Crippen molar-refractivity contribution in [3.05, 3.63) is 23.8 Å². The Hall–Kier alpha value is -1.53. The average molecular weight is 226 g/mol. The van der Waals surface area contributed by atoms with Gasteiger partial charge in [-0.25, -0.2) is 8.78 Å². The Morgan fingerprint density at radius 3 is 2.27 bits per heavy atom. The third kappa shape index (κ3) is 3.26. The minimum Gasteiger partial charge on any atom is -0.396 e. The predicted octanol–water partition coefficient (Wildman–Crippen LogP) is 2.52. The first kappa shape index (κ1) is 11.5. The van der Waals surface area contributed by atoms with E-state index in [0.717, 1.165) is 6.07 Å². The molecule has 0 saturated carbocycles. The van der Waals surface area contributed by atoms with Crippen molar-refractivity contribution in [2.45, 2.75) is 6.18 Å². The molecule has 84 valence electrons. The molecular weight excluding hydrogens is 219 g/mol. The van der Waals surface area contributed by atoms with Gasteiger partial charge in [0.2, 0.25) is 0 Å². The molecule has 0 aliphatic heterocycles. The van der Waals surface area contributed by atoms with Crippen LogP contribution in [0.5, 0.6) is 0 Å². The lowest BCUT2D eigenvalue weighted by Crippen LogP contribution is -2.21. The van der Waals surface area contributed by atoms with E-state index in [2.05, 4.69) is 0 Å². The summed E-state index contributed by atoms with van der Waals surface area (Å²) in [5.74, 6) is -2.13. The zero-order valence-corrected chi connectivity index (χ0v) is 7.33. The number of halogens is 5. The van der Waals surface area contributed by atoms with Gasteiger partial charge in [0.05, 0.1) is 11.4 Å². The highest BCUT2D eigenvalue weighted by Gasteiger charge is 2.27. The van der Waals surface area contributed by atoms with Gasteiger partial charge in [0.1, 0.15) is 18.2 Å². The molecule has 1 rings (SSSR count). The normalized spacial score (nSPS) is 11.5. The van der Waals surface area contributed by atoms with Crippen molar-refractivity contribution in [1.29, 1.82) is 0 Å². The summed E-state index contributed by atoms with van der Waals surface area (Å²) < 4.78 is 60.8. The van der Waals surface area contributed by atoms with E-state index in [1.165, 1.54) is 0 Å². The molecule has 0 unspecified atom stereocenters. The summed E-state index contributed by atoms with van der Waals surface area (Å²) in [7, 11) is 0. The first-order valence-electron chi connectivity index (χ1n) is 3.85. The third-order valence-electron chi connectivity index (χ3n) is 1.57. The van der Waals surface area contributed by atoms with E-state index in [0.29, 0.717) is 6.07 Å². The molecule has 2 nitrogen and oxygen atoms in total. The van der Waals surface area contributed by atoms with Crippen LogP contribution < -0.4 is 11.1 Å². The fourth-order valence-corrected chi connectivity index (χ4v) is 0.897. The van der Waals surface area contributed by atoms with Crippen LogP contribution in [0.4, 0.5) is 33.3 Å². The molecule has 0 heterocycles. The molecular formula is C8H7F5N2. The fourth-order valence-electron chi connectivity index (χ4n) is 0.897. The largest absolute Gasteiger partial charge is 0.405 e. The molecule has 0 atom stereocenters. The number of alkyl halides is 3. The monoisotopic (exact) mass is 226 g/mol. The predicted molar refractivity (Wildman–Crippen MR) is 45.3 cm³/mol. The molecule has 0 amide bonds. The number of benzene rings is 1. The lowest BCUT2D eigenvalue weighted by Gasteiger charge is -2.11. The van der Waals surface area contributed by atoms with Crippen LogP contribution in [-0.2, 0) is 0 Å². The SMILES string of the molecule is Nc1cc(NCC(F)(F)F)c(F)cc1F. The van der Waals surface area contributed by atoms with Crippen molar-refractivity contribution >= 4 is 11.4 Å². The van der Waals surface area contributed by atoms with Gasteiger partial charge in [-0.05, 0) is 6.07 Å². The first-order chi connectivity index (χ1) is 6.79. The number of nitrogen functional groups attached to an aromatic ring is 1. The van der Waals surface area contributed by atoms with E-state index in [-0.39, 0.29) is 0 Å². The fraction of sp³-hybridized carbons (Fsp3) is 0.250. The van der Waals surface area contributed by atoms with Gasteiger partial charge in [-0.1, -0.05) is 0 Å². The van der Waals surface area contributed by atoms with Crippen LogP contribution in [0.25, 0.3) is 0 Å². The second-order valence-corrected chi connectivity index (χ2v) is 2.82.